The fourth-order valence-electron chi connectivity index (χ4n) is 2.74. The average molecular weight is 363 g/mol. The van der Waals surface area contributed by atoms with Crippen LogP contribution < -0.4 is 10.6 Å². The Kier molecular flexibility index (Phi) is 4.61. The Morgan fingerprint density at radius 2 is 2.00 bits per heavy atom. The summed E-state index contributed by atoms with van der Waals surface area (Å²) < 4.78 is 1.93. The Morgan fingerprint density at radius 1 is 1.12 bits per heavy atom. The Balaban J connectivity index is 1.39. The second kappa shape index (κ2) is 7.37. The number of rotatable bonds is 5. The van der Waals surface area contributed by atoms with E-state index in [4.69, 9.17) is 0 Å². The zero-order valence-electron chi connectivity index (χ0n) is 13.9. The zero-order valence-corrected chi connectivity index (χ0v) is 14.7. The number of hydrogen-bond acceptors (Lipinski definition) is 4. The molecule has 0 radical (unpaired) electrons. The summed E-state index contributed by atoms with van der Waals surface area (Å²) in [6.07, 6.45) is 2.54. The molecule has 0 saturated carbocycles. The monoisotopic (exact) mass is 363 g/mol. The third-order valence-corrected chi connectivity index (χ3v) is 4.59. The molecular weight excluding hydrogens is 346 g/mol. The van der Waals surface area contributed by atoms with Crippen molar-refractivity contribution in [2.75, 3.05) is 11.9 Å². The lowest BCUT2D eigenvalue weighted by molar-refractivity contribution is 0.252. The van der Waals surface area contributed by atoms with Gasteiger partial charge in [-0.3, -0.25) is 4.57 Å². The lowest BCUT2D eigenvalue weighted by Gasteiger charge is -2.08. The van der Waals surface area contributed by atoms with Crippen molar-refractivity contribution in [2.24, 2.45) is 0 Å². The molecule has 0 aliphatic carbocycles. The van der Waals surface area contributed by atoms with E-state index in [9.17, 15) is 4.79 Å². The Bertz CT molecular complexity index is 1010. The van der Waals surface area contributed by atoms with E-state index >= 15 is 0 Å². The van der Waals surface area contributed by atoms with Crippen LogP contribution in [-0.4, -0.2) is 27.1 Å². The van der Waals surface area contributed by atoms with Gasteiger partial charge in [0.1, 0.15) is 12.1 Å². The quantitative estimate of drug-likeness (QED) is 0.566. The highest BCUT2D eigenvalue weighted by Crippen LogP contribution is 2.21. The summed E-state index contributed by atoms with van der Waals surface area (Å²) >= 11 is 1.54. The first kappa shape index (κ1) is 16.3. The van der Waals surface area contributed by atoms with E-state index in [-0.39, 0.29) is 6.03 Å². The van der Waals surface area contributed by atoms with E-state index in [1.807, 2.05) is 58.5 Å². The van der Waals surface area contributed by atoms with Crippen molar-refractivity contribution in [1.29, 1.82) is 0 Å². The molecule has 4 rings (SSSR count). The molecule has 130 valence electrons. The maximum atomic E-state index is 12.1. The molecule has 0 saturated heterocycles. The number of thiazole rings is 1. The minimum atomic E-state index is -0.223. The number of carbonyl (C=O) groups is 1. The third kappa shape index (κ3) is 3.57. The largest absolute Gasteiger partial charge is 0.338 e. The fourth-order valence-corrected chi connectivity index (χ4v) is 3.26. The van der Waals surface area contributed by atoms with Crippen molar-refractivity contribution in [2.45, 2.75) is 6.42 Å². The summed E-state index contributed by atoms with van der Waals surface area (Å²) in [6, 6.07) is 15.5. The highest BCUT2D eigenvalue weighted by molar-refractivity contribution is 7.07. The van der Waals surface area contributed by atoms with Crippen molar-refractivity contribution in [3.05, 3.63) is 71.3 Å². The van der Waals surface area contributed by atoms with Crippen molar-refractivity contribution in [3.63, 3.8) is 0 Å². The van der Waals surface area contributed by atoms with E-state index in [1.54, 1.807) is 11.8 Å². The summed E-state index contributed by atoms with van der Waals surface area (Å²) in [4.78, 5) is 20.8. The number of carbonyl (C=O) groups excluding carboxylic acids is 1. The highest BCUT2D eigenvalue weighted by Gasteiger charge is 2.08. The molecule has 26 heavy (non-hydrogen) atoms. The van der Waals surface area contributed by atoms with Gasteiger partial charge < -0.3 is 10.6 Å². The maximum absolute atomic E-state index is 12.1. The van der Waals surface area contributed by atoms with Gasteiger partial charge in [0.25, 0.3) is 0 Å². The number of urea groups is 1. The Labute approximate surface area is 154 Å². The van der Waals surface area contributed by atoms with Gasteiger partial charge in [0.2, 0.25) is 0 Å². The van der Waals surface area contributed by atoms with Gasteiger partial charge in [-0.1, -0.05) is 30.3 Å². The number of nitrogens with zero attached hydrogens (tertiary/aromatic N) is 3. The molecule has 2 aromatic heterocycles. The first-order chi connectivity index (χ1) is 12.8. The van der Waals surface area contributed by atoms with Crippen LogP contribution >= 0.6 is 11.3 Å². The topological polar surface area (TPSA) is 71.8 Å². The molecular formula is C19H17N5OS. The highest BCUT2D eigenvalue weighted by atomic mass is 32.1. The first-order valence-electron chi connectivity index (χ1n) is 8.24. The SMILES string of the molecule is O=C(NCCc1ccccc1)Nc1ccc2c(c1)ncn2-c1cscn1. The van der Waals surface area contributed by atoms with Gasteiger partial charge in [0.05, 0.1) is 16.5 Å². The maximum Gasteiger partial charge on any atom is 0.319 e. The number of nitrogens with one attached hydrogen (secondary N) is 2. The summed E-state index contributed by atoms with van der Waals surface area (Å²) in [6.45, 7) is 0.580. The van der Waals surface area contributed by atoms with E-state index < -0.39 is 0 Å². The zero-order chi connectivity index (χ0) is 17.8. The summed E-state index contributed by atoms with van der Waals surface area (Å²) in [5, 5.41) is 7.69. The Hall–Kier alpha value is -3.19. The predicted molar refractivity (Wildman–Crippen MR) is 104 cm³/mol. The van der Waals surface area contributed by atoms with E-state index in [2.05, 4.69) is 20.6 Å². The minimum Gasteiger partial charge on any atom is -0.338 e. The molecule has 6 nitrogen and oxygen atoms in total. The summed E-state index contributed by atoms with van der Waals surface area (Å²) in [7, 11) is 0. The second-order valence-corrected chi connectivity index (χ2v) is 6.50. The molecule has 0 aliphatic rings. The van der Waals surface area contributed by atoms with Gasteiger partial charge in [-0.15, -0.1) is 11.3 Å². The first-order valence-corrected chi connectivity index (χ1v) is 9.18. The predicted octanol–water partition coefficient (Wildman–Crippen LogP) is 3.85. The van der Waals surface area contributed by atoms with Crippen molar-refractivity contribution >= 4 is 34.1 Å². The van der Waals surface area contributed by atoms with Crippen LogP contribution in [0.3, 0.4) is 0 Å². The molecule has 0 fully saturated rings. The molecule has 2 aromatic carbocycles. The molecule has 4 aromatic rings. The van der Waals surface area contributed by atoms with E-state index in [0.717, 1.165) is 23.3 Å². The molecule has 0 aliphatic heterocycles. The van der Waals surface area contributed by atoms with Gasteiger partial charge in [-0.05, 0) is 30.2 Å². The standard InChI is InChI=1S/C19H17N5OS/c25-19(20-9-8-14-4-2-1-3-5-14)23-15-6-7-17-16(10-15)21-12-24(17)18-11-26-13-22-18/h1-7,10-13H,8-9H2,(H2,20,23,25). The lowest BCUT2D eigenvalue weighted by atomic mass is 10.1. The normalized spacial score (nSPS) is 10.8. The lowest BCUT2D eigenvalue weighted by Crippen LogP contribution is -2.30. The third-order valence-electron chi connectivity index (χ3n) is 4.01. The molecule has 2 heterocycles. The number of aromatic nitrogens is 3. The van der Waals surface area contributed by atoms with Crippen LogP contribution in [-0.2, 0) is 6.42 Å². The van der Waals surface area contributed by atoms with Crippen LogP contribution in [0.5, 0.6) is 0 Å². The van der Waals surface area contributed by atoms with Gasteiger partial charge in [0.15, 0.2) is 0 Å². The molecule has 2 N–H and O–H groups in total. The molecule has 0 atom stereocenters. The summed E-state index contributed by atoms with van der Waals surface area (Å²) in [5.41, 5.74) is 5.45. The molecule has 0 bridgehead atoms. The van der Waals surface area contributed by atoms with Crippen LogP contribution in [0.15, 0.2) is 65.7 Å². The van der Waals surface area contributed by atoms with Gasteiger partial charge in [-0.25, -0.2) is 14.8 Å². The van der Waals surface area contributed by atoms with Crippen molar-refractivity contribution in [1.82, 2.24) is 19.9 Å². The van der Waals surface area contributed by atoms with Crippen LogP contribution in [0.4, 0.5) is 10.5 Å². The van der Waals surface area contributed by atoms with Crippen molar-refractivity contribution < 1.29 is 4.79 Å². The summed E-state index contributed by atoms with van der Waals surface area (Å²) in [5.74, 6) is 0.844. The van der Waals surface area contributed by atoms with Gasteiger partial charge in [-0.2, -0.15) is 0 Å². The van der Waals surface area contributed by atoms with Crippen LogP contribution in [0.2, 0.25) is 0 Å². The van der Waals surface area contributed by atoms with Crippen LogP contribution in [0.1, 0.15) is 5.56 Å². The van der Waals surface area contributed by atoms with E-state index in [1.165, 1.54) is 16.9 Å². The molecule has 0 spiro atoms. The van der Waals surface area contributed by atoms with Crippen molar-refractivity contribution in [3.8, 4) is 5.82 Å². The second-order valence-electron chi connectivity index (χ2n) is 5.78. The Morgan fingerprint density at radius 3 is 2.81 bits per heavy atom. The fraction of sp³-hybridized carbons (Fsp3) is 0.105. The number of benzene rings is 2. The smallest absolute Gasteiger partial charge is 0.319 e. The average Bonchev–Trinajstić information content (AvgIpc) is 3.31. The minimum absolute atomic E-state index is 0.223. The number of imidazole rings is 1. The molecule has 0 unspecified atom stereocenters. The van der Waals surface area contributed by atoms with Crippen LogP contribution in [0, 0.1) is 0 Å². The van der Waals surface area contributed by atoms with E-state index in [0.29, 0.717) is 12.2 Å². The molecule has 2 amide bonds. The number of fused-ring (bicyclic) bond motifs is 1. The van der Waals surface area contributed by atoms with Gasteiger partial charge in [0, 0.05) is 17.6 Å². The van der Waals surface area contributed by atoms with Crippen LogP contribution in [0.25, 0.3) is 16.9 Å². The van der Waals surface area contributed by atoms with Gasteiger partial charge >= 0.3 is 6.03 Å². The number of amides is 2. The number of anilines is 1. The number of hydrogen-bond donors (Lipinski definition) is 2. The molecule has 7 heteroatoms.